The molecule has 0 unspecified atom stereocenters. The molecule has 2 fully saturated rings. The second-order valence-corrected chi connectivity index (χ2v) is 7.62. The fraction of sp³-hybridized carbons (Fsp3) is 0.684. The van der Waals surface area contributed by atoms with Crippen LogP contribution in [0.1, 0.15) is 25.7 Å². The van der Waals surface area contributed by atoms with Crippen molar-refractivity contribution in [1.29, 1.82) is 0 Å². The summed E-state index contributed by atoms with van der Waals surface area (Å²) < 4.78 is 1.31. The summed E-state index contributed by atoms with van der Waals surface area (Å²) in [5.74, 6) is 0. The highest BCUT2D eigenvalue weighted by Gasteiger charge is 2.26. The first-order chi connectivity index (χ1) is 11.1. The summed E-state index contributed by atoms with van der Waals surface area (Å²) in [4.78, 5) is 5.17. The van der Waals surface area contributed by atoms with Crippen molar-refractivity contribution in [2.45, 2.75) is 25.7 Å². The third-order valence-corrected chi connectivity index (χ3v) is 5.66. The van der Waals surface area contributed by atoms with E-state index in [0.29, 0.717) is 0 Å². The highest BCUT2D eigenvalue weighted by atomic mass is 15.3. The first-order valence-corrected chi connectivity index (χ1v) is 9.31. The number of nitrogens with zero attached hydrogens (tertiary/aromatic N) is 3. The van der Waals surface area contributed by atoms with Crippen molar-refractivity contribution in [3.05, 3.63) is 24.3 Å². The molecule has 0 bridgehead atoms. The van der Waals surface area contributed by atoms with E-state index in [1.54, 1.807) is 0 Å². The van der Waals surface area contributed by atoms with E-state index in [2.05, 4.69) is 29.0 Å². The first-order valence-electron chi connectivity index (χ1n) is 9.31. The number of hydrogen-bond acceptors (Lipinski definition) is 3. The summed E-state index contributed by atoms with van der Waals surface area (Å²) in [6.07, 6.45) is 5.46. The van der Waals surface area contributed by atoms with E-state index in [-0.39, 0.29) is 0 Å². The second kappa shape index (κ2) is 7.54. The largest absolute Gasteiger partial charge is 0.399 e. The summed E-state index contributed by atoms with van der Waals surface area (Å²) in [6.45, 7) is 10.1. The molecule has 3 rings (SSSR count). The van der Waals surface area contributed by atoms with Crippen LogP contribution in [0.4, 0.5) is 11.4 Å². The third kappa shape index (κ3) is 4.61. The first kappa shape index (κ1) is 16.6. The number of benzene rings is 1. The molecule has 0 spiro atoms. The molecule has 2 N–H and O–H groups in total. The Balaban J connectivity index is 1.44. The zero-order chi connectivity index (χ0) is 16.1. The molecule has 0 amide bonds. The summed E-state index contributed by atoms with van der Waals surface area (Å²) in [6, 6.07) is 8.34. The Morgan fingerprint density at radius 1 is 0.957 bits per heavy atom. The zero-order valence-electron chi connectivity index (χ0n) is 14.7. The Hall–Kier alpha value is -1.26. The van der Waals surface area contributed by atoms with Gasteiger partial charge in [-0.05, 0) is 37.2 Å². The fourth-order valence-corrected chi connectivity index (χ4v) is 4.14. The molecule has 0 saturated carbocycles. The molecule has 1 aromatic carbocycles. The van der Waals surface area contributed by atoms with Crippen LogP contribution in [0, 0.1) is 0 Å². The molecule has 2 aliphatic rings. The van der Waals surface area contributed by atoms with E-state index in [9.17, 15) is 0 Å². The quantitative estimate of drug-likeness (QED) is 0.669. The van der Waals surface area contributed by atoms with Crippen molar-refractivity contribution in [1.82, 2.24) is 4.90 Å². The molecular weight excluding hydrogens is 284 g/mol. The smallest absolute Gasteiger partial charge is 0.0796 e. The van der Waals surface area contributed by atoms with Gasteiger partial charge < -0.3 is 20.0 Å². The predicted molar refractivity (Wildman–Crippen MR) is 98.8 cm³/mol. The van der Waals surface area contributed by atoms with Crippen LogP contribution in [0.2, 0.25) is 0 Å². The van der Waals surface area contributed by atoms with Gasteiger partial charge >= 0.3 is 0 Å². The van der Waals surface area contributed by atoms with Crippen LogP contribution in [0.15, 0.2) is 24.3 Å². The van der Waals surface area contributed by atoms with E-state index in [1.165, 1.54) is 75.1 Å². The molecule has 0 aromatic heterocycles. The van der Waals surface area contributed by atoms with Crippen LogP contribution in [0.3, 0.4) is 0 Å². The number of hydrogen-bond donors (Lipinski definition) is 1. The maximum absolute atomic E-state index is 5.80. The maximum atomic E-state index is 5.80. The zero-order valence-corrected chi connectivity index (χ0v) is 14.7. The average Bonchev–Trinajstić information content (AvgIpc) is 2.83. The van der Waals surface area contributed by atoms with E-state index in [1.807, 2.05) is 12.1 Å². The molecule has 2 heterocycles. The van der Waals surface area contributed by atoms with Crippen LogP contribution in [-0.4, -0.2) is 68.8 Å². The van der Waals surface area contributed by atoms with Crippen molar-refractivity contribution >= 4 is 11.4 Å². The van der Waals surface area contributed by atoms with Crippen LogP contribution in [0.25, 0.3) is 0 Å². The Morgan fingerprint density at radius 3 is 2.43 bits per heavy atom. The van der Waals surface area contributed by atoms with Gasteiger partial charge in [0.25, 0.3) is 0 Å². The van der Waals surface area contributed by atoms with E-state index < -0.39 is 0 Å². The van der Waals surface area contributed by atoms with Crippen LogP contribution >= 0.6 is 0 Å². The Morgan fingerprint density at radius 2 is 1.70 bits per heavy atom. The Labute approximate surface area is 141 Å². The van der Waals surface area contributed by atoms with Gasteiger partial charge in [0.2, 0.25) is 0 Å². The molecule has 0 radical (unpaired) electrons. The maximum Gasteiger partial charge on any atom is 0.0796 e. The molecule has 4 nitrogen and oxygen atoms in total. The average molecular weight is 318 g/mol. The number of anilines is 2. The normalized spacial score (nSPS) is 22.2. The van der Waals surface area contributed by atoms with Gasteiger partial charge in [-0.15, -0.1) is 0 Å². The van der Waals surface area contributed by atoms with Crippen molar-refractivity contribution in [2.75, 3.05) is 70.0 Å². The monoisotopic (exact) mass is 317 g/mol. The molecular formula is C19H33N4+. The third-order valence-electron chi connectivity index (χ3n) is 5.66. The van der Waals surface area contributed by atoms with Crippen molar-refractivity contribution in [3.8, 4) is 0 Å². The van der Waals surface area contributed by atoms with Gasteiger partial charge in [-0.3, -0.25) is 0 Å². The van der Waals surface area contributed by atoms with Crippen LogP contribution < -0.4 is 10.6 Å². The lowest BCUT2D eigenvalue weighted by Gasteiger charge is -2.30. The number of nitrogen functional groups attached to an aromatic ring is 1. The van der Waals surface area contributed by atoms with Gasteiger partial charge in [0.1, 0.15) is 0 Å². The summed E-state index contributed by atoms with van der Waals surface area (Å²) in [5, 5.41) is 0. The molecule has 0 atom stereocenters. The molecule has 0 aliphatic carbocycles. The highest BCUT2D eigenvalue weighted by Crippen LogP contribution is 2.19. The van der Waals surface area contributed by atoms with Crippen LogP contribution in [-0.2, 0) is 0 Å². The molecule has 1 aromatic rings. The fourth-order valence-electron chi connectivity index (χ4n) is 4.14. The van der Waals surface area contributed by atoms with E-state index in [4.69, 9.17) is 5.73 Å². The Kier molecular flexibility index (Phi) is 5.44. The van der Waals surface area contributed by atoms with E-state index in [0.717, 1.165) is 18.8 Å². The highest BCUT2D eigenvalue weighted by molar-refractivity contribution is 5.53. The topological polar surface area (TPSA) is 32.5 Å². The Bertz CT molecular complexity index is 479. The van der Waals surface area contributed by atoms with Gasteiger partial charge in [0.05, 0.1) is 26.7 Å². The SMILES string of the molecule is C[N+]1(CCCN2CCCN(c3ccc(N)cc3)CC2)CCCC1. The number of quaternary nitrogens is 1. The van der Waals surface area contributed by atoms with Crippen molar-refractivity contribution < 1.29 is 4.48 Å². The minimum atomic E-state index is 0.851. The summed E-state index contributed by atoms with van der Waals surface area (Å²) >= 11 is 0. The second-order valence-electron chi connectivity index (χ2n) is 7.62. The number of rotatable bonds is 5. The molecule has 2 saturated heterocycles. The predicted octanol–water partition coefficient (Wildman–Crippen LogP) is 2.41. The van der Waals surface area contributed by atoms with Crippen LogP contribution in [0.5, 0.6) is 0 Å². The van der Waals surface area contributed by atoms with E-state index >= 15 is 0 Å². The minimum absolute atomic E-state index is 0.851. The number of nitrogens with two attached hydrogens (primary N) is 1. The lowest BCUT2D eigenvalue weighted by Crippen LogP contribution is -2.43. The molecule has 23 heavy (non-hydrogen) atoms. The molecule has 4 heteroatoms. The van der Waals surface area contributed by atoms with Gasteiger partial charge in [0, 0.05) is 56.8 Å². The minimum Gasteiger partial charge on any atom is -0.399 e. The lowest BCUT2D eigenvalue weighted by molar-refractivity contribution is -0.897. The number of likely N-dealkylation sites (tertiary alicyclic amines) is 1. The summed E-state index contributed by atoms with van der Waals surface area (Å²) in [7, 11) is 2.44. The van der Waals surface area contributed by atoms with Gasteiger partial charge in [-0.2, -0.15) is 0 Å². The van der Waals surface area contributed by atoms with Crippen molar-refractivity contribution in [2.24, 2.45) is 0 Å². The van der Waals surface area contributed by atoms with Gasteiger partial charge in [-0.25, -0.2) is 0 Å². The van der Waals surface area contributed by atoms with Gasteiger partial charge in [0.15, 0.2) is 0 Å². The lowest BCUT2D eigenvalue weighted by atomic mass is 10.2. The van der Waals surface area contributed by atoms with Crippen molar-refractivity contribution in [3.63, 3.8) is 0 Å². The molecule has 128 valence electrons. The molecule has 2 aliphatic heterocycles. The standard InChI is InChI=1S/C19H33N4/c1-23(15-2-3-16-23)17-5-11-21-10-4-12-22(14-13-21)19-8-6-18(20)7-9-19/h6-9H,2-5,10-17,20H2,1H3/q+1. The summed E-state index contributed by atoms with van der Waals surface area (Å²) in [5.41, 5.74) is 7.96. The van der Waals surface area contributed by atoms with Gasteiger partial charge in [-0.1, -0.05) is 0 Å².